The van der Waals surface area contributed by atoms with Gasteiger partial charge in [-0.3, -0.25) is 0 Å². The van der Waals surface area contributed by atoms with Crippen molar-refractivity contribution in [2.45, 2.75) is 37.5 Å². The van der Waals surface area contributed by atoms with Gasteiger partial charge in [0.25, 0.3) is 0 Å². The normalized spacial score (nSPS) is 22.1. The standard InChI is InChI=1S/C16H24N2O2/c1-18(2)15-5-3-4-14(12-15)17-13-6-8-16(9-7-13)19-10-11-20-16/h3-5,12-13,17H,6-11H2,1-2H3. The third kappa shape index (κ3) is 2.91. The lowest BCUT2D eigenvalue weighted by Gasteiger charge is -2.36. The van der Waals surface area contributed by atoms with Crippen molar-refractivity contribution in [3.05, 3.63) is 24.3 Å². The quantitative estimate of drug-likeness (QED) is 0.920. The van der Waals surface area contributed by atoms with Crippen LogP contribution in [0.15, 0.2) is 24.3 Å². The fourth-order valence-corrected chi connectivity index (χ4v) is 3.10. The molecule has 2 aliphatic rings. The predicted molar refractivity (Wildman–Crippen MR) is 81.3 cm³/mol. The summed E-state index contributed by atoms with van der Waals surface area (Å²) in [5.74, 6) is -0.260. The maximum atomic E-state index is 5.77. The van der Waals surface area contributed by atoms with Gasteiger partial charge in [-0.25, -0.2) is 0 Å². The van der Waals surface area contributed by atoms with Crippen molar-refractivity contribution >= 4 is 11.4 Å². The molecule has 1 N–H and O–H groups in total. The van der Waals surface area contributed by atoms with Gasteiger partial charge in [0.05, 0.1) is 13.2 Å². The van der Waals surface area contributed by atoms with Crippen molar-refractivity contribution < 1.29 is 9.47 Å². The Morgan fingerprint density at radius 3 is 2.50 bits per heavy atom. The molecule has 1 saturated carbocycles. The molecule has 20 heavy (non-hydrogen) atoms. The fraction of sp³-hybridized carbons (Fsp3) is 0.625. The van der Waals surface area contributed by atoms with Crippen LogP contribution in [0.5, 0.6) is 0 Å². The highest BCUT2D eigenvalue weighted by Crippen LogP contribution is 2.36. The number of rotatable bonds is 3. The Balaban J connectivity index is 1.58. The average molecular weight is 276 g/mol. The third-order valence-corrected chi connectivity index (χ3v) is 4.29. The third-order valence-electron chi connectivity index (χ3n) is 4.29. The van der Waals surface area contributed by atoms with Gasteiger partial charge in [-0.2, -0.15) is 0 Å². The van der Waals surface area contributed by atoms with Gasteiger partial charge in [-0.05, 0) is 31.0 Å². The molecule has 4 heteroatoms. The summed E-state index contributed by atoms with van der Waals surface area (Å²) in [6.45, 7) is 1.51. The number of ether oxygens (including phenoxy) is 2. The van der Waals surface area contributed by atoms with E-state index < -0.39 is 0 Å². The first-order valence-electron chi connectivity index (χ1n) is 7.49. The number of nitrogens with one attached hydrogen (secondary N) is 1. The Labute approximate surface area is 121 Å². The molecule has 0 unspecified atom stereocenters. The molecule has 110 valence electrons. The van der Waals surface area contributed by atoms with Crippen LogP contribution in [0.2, 0.25) is 0 Å². The van der Waals surface area contributed by atoms with Gasteiger partial charge >= 0.3 is 0 Å². The second-order valence-electron chi connectivity index (χ2n) is 5.97. The van der Waals surface area contributed by atoms with Crippen LogP contribution in [0, 0.1) is 0 Å². The van der Waals surface area contributed by atoms with E-state index >= 15 is 0 Å². The second kappa shape index (κ2) is 5.62. The van der Waals surface area contributed by atoms with E-state index in [1.165, 1.54) is 11.4 Å². The Morgan fingerprint density at radius 2 is 1.85 bits per heavy atom. The van der Waals surface area contributed by atoms with Crippen molar-refractivity contribution in [3.8, 4) is 0 Å². The SMILES string of the molecule is CN(C)c1cccc(NC2CCC3(CC2)OCCO3)c1. The van der Waals surface area contributed by atoms with Crippen LogP contribution in [0.4, 0.5) is 11.4 Å². The Hall–Kier alpha value is -1.26. The molecule has 1 saturated heterocycles. The molecule has 1 aromatic carbocycles. The molecule has 0 bridgehead atoms. The number of hydrogen-bond acceptors (Lipinski definition) is 4. The van der Waals surface area contributed by atoms with E-state index in [-0.39, 0.29) is 5.79 Å². The summed E-state index contributed by atoms with van der Waals surface area (Å²) in [5.41, 5.74) is 2.43. The Morgan fingerprint density at radius 1 is 1.15 bits per heavy atom. The summed E-state index contributed by atoms with van der Waals surface area (Å²) in [6, 6.07) is 9.09. The van der Waals surface area contributed by atoms with Crippen LogP contribution in [0.1, 0.15) is 25.7 Å². The van der Waals surface area contributed by atoms with Gasteiger partial charge in [-0.15, -0.1) is 0 Å². The number of benzene rings is 1. The van der Waals surface area contributed by atoms with Crippen molar-refractivity contribution in [1.82, 2.24) is 0 Å². The largest absolute Gasteiger partial charge is 0.382 e. The molecular formula is C16H24N2O2. The van der Waals surface area contributed by atoms with E-state index in [9.17, 15) is 0 Å². The summed E-state index contributed by atoms with van der Waals surface area (Å²) in [7, 11) is 4.14. The van der Waals surface area contributed by atoms with Gasteiger partial charge in [0.15, 0.2) is 5.79 Å². The topological polar surface area (TPSA) is 33.7 Å². The van der Waals surface area contributed by atoms with E-state index in [1.807, 2.05) is 0 Å². The molecule has 1 spiro atoms. The average Bonchev–Trinajstić information content (AvgIpc) is 2.90. The lowest BCUT2D eigenvalue weighted by molar-refractivity contribution is -0.177. The van der Waals surface area contributed by atoms with Crippen LogP contribution in [0.3, 0.4) is 0 Å². The maximum absolute atomic E-state index is 5.77. The minimum absolute atomic E-state index is 0.260. The number of anilines is 2. The molecule has 1 heterocycles. The fourth-order valence-electron chi connectivity index (χ4n) is 3.10. The molecule has 0 amide bonds. The Kier molecular flexibility index (Phi) is 3.85. The predicted octanol–water partition coefficient (Wildman–Crippen LogP) is 2.85. The summed E-state index contributed by atoms with van der Waals surface area (Å²) in [6.07, 6.45) is 4.20. The van der Waals surface area contributed by atoms with E-state index in [2.05, 4.69) is 48.6 Å². The van der Waals surface area contributed by atoms with Crippen molar-refractivity contribution in [1.29, 1.82) is 0 Å². The zero-order valence-corrected chi connectivity index (χ0v) is 12.4. The lowest BCUT2D eigenvalue weighted by atomic mass is 9.90. The Bertz CT molecular complexity index is 446. The minimum atomic E-state index is -0.260. The summed E-state index contributed by atoms with van der Waals surface area (Å²) in [4.78, 5) is 2.13. The molecule has 1 aliphatic heterocycles. The van der Waals surface area contributed by atoms with E-state index in [0.29, 0.717) is 6.04 Å². The first kappa shape index (κ1) is 13.7. The molecule has 4 nitrogen and oxygen atoms in total. The minimum Gasteiger partial charge on any atom is -0.382 e. The van der Waals surface area contributed by atoms with Crippen LogP contribution < -0.4 is 10.2 Å². The summed E-state index contributed by atoms with van der Waals surface area (Å²) >= 11 is 0. The highest BCUT2D eigenvalue weighted by Gasteiger charge is 2.40. The number of nitrogens with zero attached hydrogens (tertiary/aromatic N) is 1. The van der Waals surface area contributed by atoms with Gasteiger partial charge in [0.1, 0.15) is 0 Å². The zero-order valence-electron chi connectivity index (χ0n) is 12.4. The first-order chi connectivity index (χ1) is 9.67. The molecule has 1 aliphatic carbocycles. The molecule has 0 atom stereocenters. The van der Waals surface area contributed by atoms with Crippen LogP contribution in [-0.2, 0) is 9.47 Å². The van der Waals surface area contributed by atoms with Crippen LogP contribution in [-0.4, -0.2) is 39.1 Å². The lowest BCUT2D eigenvalue weighted by Crippen LogP contribution is -2.39. The molecule has 3 rings (SSSR count). The van der Waals surface area contributed by atoms with E-state index in [1.54, 1.807) is 0 Å². The van der Waals surface area contributed by atoms with Gasteiger partial charge in [-0.1, -0.05) is 6.07 Å². The smallest absolute Gasteiger partial charge is 0.168 e. The van der Waals surface area contributed by atoms with Crippen LogP contribution in [0.25, 0.3) is 0 Å². The van der Waals surface area contributed by atoms with Crippen LogP contribution >= 0.6 is 0 Å². The molecule has 2 fully saturated rings. The summed E-state index contributed by atoms with van der Waals surface area (Å²) < 4.78 is 11.5. The molecule has 0 radical (unpaired) electrons. The van der Waals surface area contributed by atoms with Crippen molar-refractivity contribution in [3.63, 3.8) is 0 Å². The zero-order chi connectivity index (χ0) is 14.0. The highest BCUT2D eigenvalue weighted by molar-refractivity contribution is 5.57. The van der Waals surface area contributed by atoms with E-state index in [4.69, 9.17) is 9.47 Å². The van der Waals surface area contributed by atoms with Crippen molar-refractivity contribution in [2.24, 2.45) is 0 Å². The summed E-state index contributed by atoms with van der Waals surface area (Å²) in [5, 5.41) is 3.64. The van der Waals surface area contributed by atoms with Gasteiger partial charge in [0.2, 0.25) is 0 Å². The first-order valence-corrected chi connectivity index (χ1v) is 7.49. The molecule has 0 aromatic heterocycles. The highest BCUT2D eigenvalue weighted by atomic mass is 16.7. The maximum Gasteiger partial charge on any atom is 0.168 e. The van der Waals surface area contributed by atoms with Gasteiger partial charge in [0, 0.05) is 44.4 Å². The molecule has 1 aromatic rings. The second-order valence-corrected chi connectivity index (χ2v) is 5.97. The van der Waals surface area contributed by atoms with Gasteiger partial charge < -0.3 is 19.7 Å². The van der Waals surface area contributed by atoms with Crippen molar-refractivity contribution in [2.75, 3.05) is 37.5 Å². The molecular weight excluding hydrogens is 252 g/mol. The van der Waals surface area contributed by atoms with E-state index in [0.717, 1.165) is 38.9 Å². The number of hydrogen-bond donors (Lipinski definition) is 1. The monoisotopic (exact) mass is 276 g/mol.